The Bertz CT molecular complexity index is 435. The lowest BCUT2D eigenvalue weighted by Crippen LogP contribution is -2.37. The van der Waals surface area contributed by atoms with Crippen molar-refractivity contribution in [1.29, 1.82) is 0 Å². The van der Waals surface area contributed by atoms with E-state index in [-0.39, 0.29) is 29.4 Å². The van der Waals surface area contributed by atoms with Gasteiger partial charge in [0.25, 0.3) is 0 Å². The highest BCUT2D eigenvalue weighted by atomic mass is 127. The molecule has 122 valence electrons. The summed E-state index contributed by atoms with van der Waals surface area (Å²) in [5, 5.41) is 9.88. The van der Waals surface area contributed by atoms with E-state index in [2.05, 4.69) is 60.6 Å². The van der Waals surface area contributed by atoms with E-state index in [0.29, 0.717) is 5.92 Å². The standard InChI is InChI=1S/C15H28N4S.HI/c1-11(2)7-8-17-14(16-6)18-9-13-19-12(10-20-13)15(3,4)5;/h10-11H,7-9H2,1-6H3,(H2,16,17,18);1H. The van der Waals surface area contributed by atoms with Crippen LogP contribution in [0.3, 0.4) is 0 Å². The summed E-state index contributed by atoms with van der Waals surface area (Å²) in [5.41, 5.74) is 1.27. The largest absolute Gasteiger partial charge is 0.356 e. The first-order valence-electron chi connectivity index (χ1n) is 7.22. The van der Waals surface area contributed by atoms with Gasteiger partial charge >= 0.3 is 0 Å². The van der Waals surface area contributed by atoms with Crippen LogP contribution < -0.4 is 10.6 Å². The number of rotatable bonds is 5. The lowest BCUT2D eigenvalue weighted by atomic mass is 9.93. The number of guanidine groups is 1. The van der Waals surface area contributed by atoms with Crippen molar-refractivity contribution in [3.63, 3.8) is 0 Å². The smallest absolute Gasteiger partial charge is 0.191 e. The van der Waals surface area contributed by atoms with Crippen molar-refractivity contribution >= 4 is 41.3 Å². The zero-order valence-electron chi connectivity index (χ0n) is 14.0. The third-order valence-corrected chi connectivity index (χ3v) is 3.81. The van der Waals surface area contributed by atoms with E-state index in [4.69, 9.17) is 0 Å². The molecular weight excluding hydrogens is 395 g/mol. The predicted octanol–water partition coefficient (Wildman–Crippen LogP) is 3.77. The number of nitrogens with one attached hydrogen (secondary N) is 2. The highest BCUT2D eigenvalue weighted by Gasteiger charge is 2.17. The second-order valence-corrected chi connectivity index (χ2v) is 7.35. The quantitative estimate of drug-likeness (QED) is 0.430. The highest BCUT2D eigenvalue weighted by molar-refractivity contribution is 14.0. The van der Waals surface area contributed by atoms with Gasteiger partial charge in [0.15, 0.2) is 5.96 Å². The van der Waals surface area contributed by atoms with Gasteiger partial charge in [-0.1, -0.05) is 34.6 Å². The van der Waals surface area contributed by atoms with E-state index >= 15 is 0 Å². The van der Waals surface area contributed by atoms with Crippen molar-refractivity contribution < 1.29 is 0 Å². The number of thiazole rings is 1. The number of hydrogen-bond acceptors (Lipinski definition) is 3. The minimum Gasteiger partial charge on any atom is -0.356 e. The van der Waals surface area contributed by atoms with Gasteiger partial charge < -0.3 is 10.6 Å². The average molecular weight is 424 g/mol. The van der Waals surface area contributed by atoms with Crippen LogP contribution in [0.5, 0.6) is 0 Å². The molecule has 0 spiro atoms. The third kappa shape index (κ3) is 7.99. The van der Waals surface area contributed by atoms with Gasteiger partial charge in [-0.25, -0.2) is 4.98 Å². The first-order chi connectivity index (χ1) is 9.32. The van der Waals surface area contributed by atoms with Crippen LogP contribution in [0.1, 0.15) is 51.7 Å². The van der Waals surface area contributed by atoms with Crippen molar-refractivity contribution in [3.8, 4) is 0 Å². The Labute approximate surface area is 150 Å². The van der Waals surface area contributed by atoms with Gasteiger partial charge in [-0.2, -0.15) is 0 Å². The summed E-state index contributed by atoms with van der Waals surface area (Å²) >= 11 is 1.70. The Balaban J connectivity index is 0.00000400. The lowest BCUT2D eigenvalue weighted by Gasteiger charge is -2.14. The van der Waals surface area contributed by atoms with Crippen LogP contribution in [0.2, 0.25) is 0 Å². The van der Waals surface area contributed by atoms with E-state index in [9.17, 15) is 0 Å². The molecule has 0 aliphatic carbocycles. The number of nitrogens with zero attached hydrogens (tertiary/aromatic N) is 2. The summed E-state index contributed by atoms with van der Waals surface area (Å²) in [7, 11) is 1.80. The molecule has 0 saturated carbocycles. The van der Waals surface area contributed by atoms with Gasteiger partial charge in [0.05, 0.1) is 12.2 Å². The van der Waals surface area contributed by atoms with Gasteiger partial charge in [0, 0.05) is 24.4 Å². The zero-order chi connectivity index (χ0) is 15.2. The number of hydrogen-bond donors (Lipinski definition) is 2. The van der Waals surface area contributed by atoms with Crippen molar-refractivity contribution in [2.24, 2.45) is 10.9 Å². The third-order valence-electron chi connectivity index (χ3n) is 2.96. The Kier molecular flexibility index (Phi) is 9.44. The molecule has 0 unspecified atom stereocenters. The number of halogens is 1. The van der Waals surface area contributed by atoms with Crippen LogP contribution in [-0.2, 0) is 12.0 Å². The Morgan fingerprint density at radius 3 is 2.48 bits per heavy atom. The summed E-state index contributed by atoms with van der Waals surface area (Å²) in [6.45, 7) is 12.7. The maximum absolute atomic E-state index is 4.67. The lowest BCUT2D eigenvalue weighted by molar-refractivity contribution is 0.568. The maximum atomic E-state index is 4.67. The van der Waals surface area contributed by atoms with Crippen molar-refractivity contribution in [2.45, 2.75) is 53.0 Å². The fraction of sp³-hybridized carbons (Fsp3) is 0.733. The van der Waals surface area contributed by atoms with Crippen molar-refractivity contribution in [1.82, 2.24) is 15.6 Å². The summed E-state index contributed by atoms with van der Waals surface area (Å²) in [4.78, 5) is 8.90. The molecule has 1 aromatic heterocycles. The maximum Gasteiger partial charge on any atom is 0.191 e. The van der Waals surface area contributed by atoms with Crippen molar-refractivity contribution in [2.75, 3.05) is 13.6 Å². The van der Waals surface area contributed by atoms with Crippen LogP contribution in [-0.4, -0.2) is 24.5 Å². The first-order valence-corrected chi connectivity index (χ1v) is 8.10. The molecule has 0 saturated heterocycles. The molecule has 4 nitrogen and oxygen atoms in total. The van der Waals surface area contributed by atoms with E-state index in [1.807, 2.05) is 0 Å². The molecule has 0 aliphatic rings. The van der Waals surface area contributed by atoms with Gasteiger partial charge in [-0.3, -0.25) is 4.99 Å². The molecule has 0 aliphatic heterocycles. The fourth-order valence-electron chi connectivity index (χ4n) is 1.60. The van der Waals surface area contributed by atoms with E-state index in [0.717, 1.165) is 36.2 Å². The fourth-order valence-corrected chi connectivity index (χ4v) is 2.56. The van der Waals surface area contributed by atoms with Gasteiger partial charge in [-0.05, 0) is 12.3 Å². The summed E-state index contributed by atoms with van der Waals surface area (Å²) < 4.78 is 0. The molecule has 0 radical (unpaired) electrons. The van der Waals surface area contributed by atoms with Crippen LogP contribution >= 0.6 is 35.3 Å². The average Bonchev–Trinajstić information content (AvgIpc) is 2.81. The molecule has 0 aromatic carbocycles. The molecule has 0 bridgehead atoms. The first kappa shape index (κ1) is 20.6. The van der Waals surface area contributed by atoms with Crippen LogP contribution in [0.4, 0.5) is 0 Å². The van der Waals surface area contributed by atoms with Crippen LogP contribution in [0.25, 0.3) is 0 Å². The normalized spacial score (nSPS) is 12.2. The van der Waals surface area contributed by atoms with Gasteiger partial charge in [0.1, 0.15) is 5.01 Å². The predicted molar refractivity (Wildman–Crippen MR) is 104 cm³/mol. The number of aromatic nitrogens is 1. The molecule has 2 N–H and O–H groups in total. The van der Waals surface area contributed by atoms with Gasteiger partial charge in [0.2, 0.25) is 0 Å². The Hall–Kier alpha value is -0.370. The second-order valence-electron chi connectivity index (χ2n) is 6.41. The minimum atomic E-state index is 0. The van der Waals surface area contributed by atoms with Crippen LogP contribution in [0.15, 0.2) is 10.4 Å². The second kappa shape index (κ2) is 9.61. The summed E-state index contributed by atoms with van der Waals surface area (Å²) in [6, 6.07) is 0. The molecule has 21 heavy (non-hydrogen) atoms. The zero-order valence-corrected chi connectivity index (χ0v) is 17.1. The molecule has 1 rings (SSSR count). The topological polar surface area (TPSA) is 49.3 Å². The van der Waals surface area contributed by atoms with Gasteiger partial charge in [-0.15, -0.1) is 35.3 Å². The Morgan fingerprint density at radius 2 is 2.00 bits per heavy atom. The van der Waals surface area contributed by atoms with E-state index in [1.165, 1.54) is 0 Å². The Morgan fingerprint density at radius 1 is 1.33 bits per heavy atom. The summed E-state index contributed by atoms with van der Waals surface area (Å²) in [5.74, 6) is 1.55. The number of aliphatic imine (C=N–C) groups is 1. The molecule has 0 amide bonds. The van der Waals surface area contributed by atoms with Crippen LogP contribution in [0, 0.1) is 5.92 Å². The van der Waals surface area contributed by atoms with E-state index in [1.54, 1.807) is 18.4 Å². The highest BCUT2D eigenvalue weighted by Crippen LogP contribution is 2.23. The molecule has 1 heterocycles. The molecular formula is C15H29IN4S. The van der Waals surface area contributed by atoms with E-state index < -0.39 is 0 Å². The minimum absolute atomic E-state index is 0. The molecule has 0 fully saturated rings. The molecule has 0 atom stereocenters. The monoisotopic (exact) mass is 424 g/mol. The van der Waals surface area contributed by atoms with Crippen molar-refractivity contribution in [3.05, 3.63) is 16.1 Å². The summed E-state index contributed by atoms with van der Waals surface area (Å²) in [6.07, 6.45) is 1.14. The SMILES string of the molecule is CN=C(NCCC(C)C)NCc1nc(C(C)(C)C)cs1.I. The molecule has 6 heteroatoms. The molecule has 1 aromatic rings.